The second kappa shape index (κ2) is 5.05. The fourth-order valence-corrected chi connectivity index (χ4v) is 1.05. The molecule has 12 heavy (non-hydrogen) atoms. The van der Waals surface area contributed by atoms with E-state index < -0.39 is 7.12 Å². The molecule has 0 aromatic heterocycles. The number of rotatable bonds is 1. The minimum absolute atomic E-state index is 0. The van der Waals surface area contributed by atoms with Crippen molar-refractivity contribution in [2.24, 2.45) is 0 Å². The van der Waals surface area contributed by atoms with Gasteiger partial charge in [-0.3, -0.25) is 0 Å². The first-order chi connectivity index (χ1) is 5.13. The molecule has 0 radical (unpaired) electrons. The molecule has 4 heteroatoms. The van der Waals surface area contributed by atoms with Crippen LogP contribution in [0.15, 0.2) is 18.2 Å². The topological polar surface area (TPSA) is 40.5 Å². The Bertz CT molecular complexity index is 268. The monoisotopic (exact) mass is 174 g/mol. The van der Waals surface area contributed by atoms with Gasteiger partial charge in [0.2, 0.25) is 0 Å². The Kier molecular flexibility index (Phi) is 5.13. The summed E-state index contributed by atoms with van der Waals surface area (Å²) in [6.07, 6.45) is 0. The smallest absolute Gasteiger partial charge is 1.00 e. The molecule has 60 valence electrons. The fourth-order valence-electron chi connectivity index (χ4n) is 1.05. The normalized spacial score (nSPS) is 9.00. The third-order valence-corrected chi connectivity index (χ3v) is 1.92. The maximum atomic E-state index is 8.88. The zero-order valence-corrected chi connectivity index (χ0v) is 9.70. The number of hydrogen-bond acceptors (Lipinski definition) is 2. The predicted molar refractivity (Wildman–Crippen MR) is 46.9 cm³/mol. The molecule has 0 spiro atoms. The molecule has 0 bridgehead atoms. The van der Waals surface area contributed by atoms with E-state index in [9.17, 15) is 0 Å². The summed E-state index contributed by atoms with van der Waals surface area (Å²) in [6, 6.07) is 5.48. The van der Waals surface area contributed by atoms with Gasteiger partial charge in [-0.1, -0.05) is 18.2 Å². The first-order valence-corrected chi connectivity index (χ1v) is 3.55. The van der Waals surface area contributed by atoms with Crippen LogP contribution in [-0.4, -0.2) is 17.2 Å². The van der Waals surface area contributed by atoms with E-state index in [1.807, 2.05) is 26.0 Å². The van der Waals surface area contributed by atoms with Crippen molar-refractivity contribution >= 4 is 12.6 Å². The van der Waals surface area contributed by atoms with Crippen LogP contribution in [0.2, 0.25) is 0 Å². The Hall–Kier alpha value is 0.205. The van der Waals surface area contributed by atoms with Crippen LogP contribution in [0.1, 0.15) is 12.6 Å². The molecule has 0 aliphatic carbocycles. The van der Waals surface area contributed by atoms with Gasteiger partial charge in [0.15, 0.2) is 0 Å². The summed E-state index contributed by atoms with van der Waals surface area (Å²) in [5, 5.41) is 17.8. The van der Waals surface area contributed by atoms with Gasteiger partial charge in [-0.2, -0.15) is 0 Å². The minimum Gasteiger partial charge on any atom is -1.00 e. The van der Waals surface area contributed by atoms with Gasteiger partial charge >= 0.3 is 36.7 Å². The van der Waals surface area contributed by atoms with Crippen molar-refractivity contribution < 1.29 is 41.0 Å². The van der Waals surface area contributed by atoms with Crippen molar-refractivity contribution in [3.05, 3.63) is 29.3 Å². The molecule has 0 saturated heterocycles. The van der Waals surface area contributed by atoms with E-state index >= 15 is 0 Å². The van der Waals surface area contributed by atoms with Crippen LogP contribution < -0.4 is 35.0 Å². The average molecular weight is 174 g/mol. The first kappa shape index (κ1) is 12.2. The molecule has 0 unspecified atom stereocenters. The Balaban J connectivity index is 0. The molecule has 1 rings (SSSR count). The van der Waals surface area contributed by atoms with Crippen LogP contribution in [0.5, 0.6) is 0 Å². The predicted octanol–water partition coefficient (Wildman–Crippen LogP) is -2.90. The van der Waals surface area contributed by atoms with Crippen LogP contribution in [-0.2, 0) is 0 Å². The van der Waals surface area contributed by atoms with Crippen molar-refractivity contribution in [3.8, 4) is 0 Å². The molecule has 1 aromatic rings. The van der Waals surface area contributed by atoms with Gasteiger partial charge in [0.05, 0.1) is 0 Å². The quantitative estimate of drug-likeness (QED) is 0.448. The SMILES string of the molecule is Cc1cccc(B(O)O)c1C.[H-].[Na+]. The minimum atomic E-state index is -1.35. The zero-order valence-electron chi connectivity index (χ0n) is 8.70. The molecular formula is C8H12BNaO2. The standard InChI is InChI=1S/C8H11BO2.Na.H/c1-6-4-3-5-8(7(6)2)9(10)11;;/h3-5,10-11H,1-2H3;;/q;+1;-1. The molecule has 0 aliphatic heterocycles. The summed E-state index contributed by atoms with van der Waals surface area (Å²) in [4.78, 5) is 0. The summed E-state index contributed by atoms with van der Waals surface area (Å²) in [5.74, 6) is 0. The van der Waals surface area contributed by atoms with Crippen LogP contribution in [0, 0.1) is 13.8 Å². The first-order valence-electron chi connectivity index (χ1n) is 3.55. The summed E-state index contributed by atoms with van der Waals surface area (Å²) in [6.45, 7) is 3.82. The van der Waals surface area contributed by atoms with Crippen LogP contribution in [0.4, 0.5) is 0 Å². The molecule has 0 amide bonds. The van der Waals surface area contributed by atoms with E-state index in [0.717, 1.165) is 11.1 Å². The van der Waals surface area contributed by atoms with Crippen molar-refractivity contribution in [2.45, 2.75) is 13.8 Å². The van der Waals surface area contributed by atoms with Crippen molar-refractivity contribution in [1.29, 1.82) is 0 Å². The van der Waals surface area contributed by atoms with Crippen molar-refractivity contribution in [3.63, 3.8) is 0 Å². The van der Waals surface area contributed by atoms with Gasteiger partial charge in [-0.05, 0) is 30.4 Å². The van der Waals surface area contributed by atoms with Gasteiger partial charge in [-0.25, -0.2) is 0 Å². The van der Waals surface area contributed by atoms with E-state index in [-0.39, 0.29) is 31.0 Å². The van der Waals surface area contributed by atoms with Gasteiger partial charge in [0.25, 0.3) is 0 Å². The van der Waals surface area contributed by atoms with Crippen LogP contribution in [0.25, 0.3) is 0 Å². The summed E-state index contributed by atoms with van der Waals surface area (Å²) in [5.41, 5.74) is 2.61. The van der Waals surface area contributed by atoms with Crippen molar-refractivity contribution in [1.82, 2.24) is 0 Å². The average Bonchev–Trinajstić information content (AvgIpc) is 1.94. The Morgan fingerprint density at radius 3 is 2.25 bits per heavy atom. The maximum absolute atomic E-state index is 8.88. The zero-order chi connectivity index (χ0) is 8.43. The summed E-state index contributed by atoms with van der Waals surface area (Å²) >= 11 is 0. The Morgan fingerprint density at radius 1 is 1.25 bits per heavy atom. The van der Waals surface area contributed by atoms with E-state index in [0.29, 0.717) is 5.46 Å². The number of aryl methyl sites for hydroxylation is 1. The van der Waals surface area contributed by atoms with E-state index in [1.165, 1.54) is 0 Å². The molecule has 0 heterocycles. The van der Waals surface area contributed by atoms with Gasteiger partial charge in [-0.15, -0.1) is 0 Å². The largest absolute Gasteiger partial charge is 1.00 e. The van der Waals surface area contributed by atoms with Gasteiger partial charge < -0.3 is 11.5 Å². The Morgan fingerprint density at radius 2 is 1.83 bits per heavy atom. The molecule has 0 saturated carbocycles. The second-order valence-electron chi connectivity index (χ2n) is 2.66. The summed E-state index contributed by atoms with van der Waals surface area (Å²) < 4.78 is 0. The third kappa shape index (κ3) is 2.61. The molecule has 2 N–H and O–H groups in total. The third-order valence-electron chi connectivity index (χ3n) is 1.92. The molecule has 1 aromatic carbocycles. The van der Waals surface area contributed by atoms with Gasteiger partial charge in [0.1, 0.15) is 0 Å². The molecule has 2 nitrogen and oxygen atoms in total. The molecule has 0 aliphatic rings. The number of benzene rings is 1. The van der Waals surface area contributed by atoms with E-state index in [2.05, 4.69) is 0 Å². The fraction of sp³-hybridized carbons (Fsp3) is 0.250. The Labute approximate surface area is 96.5 Å². The van der Waals surface area contributed by atoms with E-state index in [1.54, 1.807) is 6.07 Å². The van der Waals surface area contributed by atoms with Crippen molar-refractivity contribution in [2.75, 3.05) is 0 Å². The van der Waals surface area contributed by atoms with Gasteiger partial charge in [0, 0.05) is 0 Å². The van der Waals surface area contributed by atoms with E-state index in [4.69, 9.17) is 10.0 Å². The summed E-state index contributed by atoms with van der Waals surface area (Å²) in [7, 11) is -1.35. The number of hydrogen-bond donors (Lipinski definition) is 2. The molecular weight excluding hydrogens is 162 g/mol. The molecule has 0 atom stereocenters. The van der Waals surface area contributed by atoms with Crippen LogP contribution in [0.3, 0.4) is 0 Å². The second-order valence-corrected chi connectivity index (χ2v) is 2.66. The maximum Gasteiger partial charge on any atom is 1.00 e. The molecule has 0 fully saturated rings. The van der Waals surface area contributed by atoms with Crippen LogP contribution >= 0.6 is 0 Å².